The Bertz CT molecular complexity index is 581. The molecule has 2 N–H and O–H groups in total. The molecule has 1 aliphatic rings. The zero-order valence-corrected chi connectivity index (χ0v) is 11.7. The molecule has 20 heavy (non-hydrogen) atoms. The minimum absolute atomic E-state index is 0.0588. The number of aliphatic hydroxyl groups is 1. The highest BCUT2D eigenvalue weighted by molar-refractivity contribution is 7.89. The van der Waals surface area contributed by atoms with Crippen LogP contribution >= 0.6 is 0 Å². The highest BCUT2D eigenvalue weighted by Crippen LogP contribution is 2.26. The van der Waals surface area contributed by atoms with Crippen molar-refractivity contribution in [3.8, 4) is 0 Å². The third-order valence-electron chi connectivity index (χ3n) is 3.52. The molecule has 0 aromatic heterocycles. The first kappa shape index (κ1) is 15.0. The van der Waals surface area contributed by atoms with Gasteiger partial charge in [0.1, 0.15) is 0 Å². The van der Waals surface area contributed by atoms with Crippen molar-refractivity contribution < 1.29 is 23.4 Å². The van der Waals surface area contributed by atoms with Crippen molar-refractivity contribution in [3.05, 3.63) is 29.8 Å². The molecule has 6 nitrogen and oxygen atoms in total. The van der Waals surface area contributed by atoms with Gasteiger partial charge in [-0.1, -0.05) is 0 Å². The van der Waals surface area contributed by atoms with Gasteiger partial charge in [0, 0.05) is 19.7 Å². The largest absolute Gasteiger partial charge is 0.478 e. The van der Waals surface area contributed by atoms with Gasteiger partial charge in [0.15, 0.2) is 0 Å². The van der Waals surface area contributed by atoms with Crippen LogP contribution in [0.1, 0.15) is 23.2 Å². The summed E-state index contributed by atoms with van der Waals surface area (Å²) in [4.78, 5) is 10.9. The van der Waals surface area contributed by atoms with Crippen molar-refractivity contribution in [1.29, 1.82) is 0 Å². The zero-order chi connectivity index (χ0) is 14.8. The molecule has 0 spiro atoms. The molecule has 1 aliphatic heterocycles. The maximum absolute atomic E-state index is 12.4. The standard InChI is InChI=1S/C13H17NO5S/c15-8-6-10-5-7-14(9-10)20(18,19)12-3-1-11(2-4-12)13(16)17/h1-4,10,15H,5-9H2,(H,16,17). The number of sulfonamides is 1. The van der Waals surface area contributed by atoms with Crippen LogP contribution in [0, 0.1) is 5.92 Å². The Balaban J connectivity index is 2.16. The molecule has 0 aliphatic carbocycles. The fourth-order valence-electron chi connectivity index (χ4n) is 2.35. The van der Waals surface area contributed by atoms with Gasteiger partial charge in [-0.2, -0.15) is 4.31 Å². The van der Waals surface area contributed by atoms with Crippen LogP contribution in [-0.2, 0) is 10.0 Å². The van der Waals surface area contributed by atoms with E-state index < -0.39 is 16.0 Å². The lowest BCUT2D eigenvalue weighted by molar-refractivity contribution is 0.0696. The first-order valence-corrected chi connectivity index (χ1v) is 7.83. The smallest absolute Gasteiger partial charge is 0.335 e. The lowest BCUT2D eigenvalue weighted by atomic mass is 10.1. The third-order valence-corrected chi connectivity index (χ3v) is 5.40. The molecular formula is C13H17NO5S. The van der Waals surface area contributed by atoms with Gasteiger partial charge in [0.25, 0.3) is 0 Å². The molecule has 2 rings (SSSR count). The van der Waals surface area contributed by atoms with Crippen LogP contribution < -0.4 is 0 Å². The van der Waals surface area contributed by atoms with E-state index in [0.717, 1.165) is 6.42 Å². The maximum Gasteiger partial charge on any atom is 0.335 e. The number of nitrogens with zero attached hydrogens (tertiary/aromatic N) is 1. The number of aliphatic hydroxyl groups excluding tert-OH is 1. The molecule has 1 heterocycles. The fourth-order valence-corrected chi connectivity index (χ4v) is 3.88. The summed E-state index contributed by atoms with van der Waals surface area (Å²) in [7, 11) is -3.57. The van der Waals surface area contributed by atoms with Gasteiger partial charge in [0.05, 0.1) is 10.5 Å². The molecule has 1 saturated heterocycles. The molecule has 1 unspecified atom stereocenters. The van der Waals surface area contributed by atoms with E-state index in [0.29, 0.717) is 19.5 Å². The van der Waals surface area contributed by atoms with Crippen LogP contribution in [0.4, 0.5) is 0 Å². The van der Waals surface area contributed by atoms with E-state index in [4.69, 9.17) is 10.2 Å². The molecule has 0 saturated carbocycles. The van der Waals surface area contributed by atoms with E-state index in [1.54, 1.807) is 0 Å². The minimum Gasteiger partial charge on any atom is -0.478 e. The third kappa shape index (κ3) is 3.00. The van der Waals surface area contributed by atoms with Gasteiger partial charge < -0.3 is 10.2 Å². The fraction of sp³-hybridized carbons (Fsp3) is 0.462. The van der Waals surface area contributed by atoms with E-state index >= 15 is 0 Å². The zero-order valence-electron chi connectivity index (χ0n) is 10.9. The summed E-state index contributed by atoms with van der Waals surface area (Å²) in [6, 6.07) is 5.21. The van der Waals surface area contributed by atoms with Crippen molar-refractivity contribution in [1.82, 2.24) is 4.31 Å². The van der Waals surface area contributed by atoms with Crippen molar-refractivity contribution in [3.63, 3.8) is 0 Å². The number of rotatable bonds is 5. The Morgan fingerprint density at radius 2 is 1.95 bits per heavy atom. The van der Waals surface area contributed by atoms with Crippen molar-refractivity contribution in [2.24, 2.45) is 5.92 Å². The number of carbonyl (C=O) groups is 1. The van der Waals surface area contributed by atoms with E-state index in [1.165, 1.54) is 28.6 Å². The summed E-state index contributed by atoms with van der Waals surface area (Å²) in [6.07, 6.45) is 1.34. The van der Waals surface area contributed by atoms with Crippen LogP contribution in [0.25, 0.3) is 0 Å². The van der Waals surface area contributed by atoms with Crippen molar-refractivity contribution in [2.45, 2.75) is 17.7 Å². The molecule has 0 radical (unpaired) electrons. The summed E-state index contributed by atoms with van der Waals surface area (Å²) >= 11 is 0. The van der Waals surface area contributed by atoms with Gasteiger partial charge in [0.2, 0.25) is 10.0 Å². The van der Waals surface area contributed by atoms with Crippen LogP contribution in [0.3, 0.4) is 0 Å². The maximum atomic E-state index is 12.4. The van der Waals surface area contributed by atoms with E-state index in [2.05, 4.69) is 0 Å². The normalized spacial score (nSPS) is 20.1. The van der Waals surface area contributed by atoms with Crippen LogP contribution in [0.15, 0.2) is 29.2 Å². The lowest BCUT2D eigenvalue weighted by Crippen LogP contribution is -2.29. The summed E-state index contributed by atoms with van der Waals surface area (Å²) < 4.78 is 26.2. The average molecular weight is 299 g/mol. The van der Waals surface area contributed by atoms with E-state index in [-0.39, 0.29) is 23.0 Å². The van der Waals surface area contributed by atoms with Crippen molar-refractivity contribution in [2.75, 3.05) is 19.7 Å². The minimum atomic E-state index is -3.57. The molecule has 1 fully saturated rings. The lowest BCUT2D eigenvalue weighted by Gasteiger charge is -2.16. The predicted octanol–water partition coefficient (Wildman–Crippen LogP) is 0.778. The second-order valence-electron chi connectivity index (χ2n) is 4.86. The van der Waals surface area contributed by atoms with Gasteiger partial charge in [-0.3, -0.25) is 0 Å². The van der Waals surface area contributed by atoms with E-state index in [1.807, 2.05) is 0 Å². The topological polar surface area (TPSA) is 94.9 Å². The summed E-state index contributed by atoms with van der Waals surface area (Å²) in [5, 5.41) is 17.7. The Morgan fingerprint density at radius 1 is 1.30 bits per heavy atom. The Kier molecular flexibility index (Phi) is 4.42. The Hall–Kier alpha value is -1.44. The summed E-state index contributed by atoms with van der Waals surface area (Å²) in [5.41, 5.74) is 0.0588. The van der Waals surface area contributed by atoms with Gasteiger partial charge in [-0.05, 0) is 43.0 Å². The number of hydrogen-bond donors (Lipinski definition) is 2. The second kappa shape index (κ2) is 5.90. The molecule has 1 aromatic carbocycles. The highest BCUT2D eigenvalue weighted by Gasteiger charge is 2.32. The average Bonchev–Trinajstić information content (AvgIpc) is 2.88. The highest BCUT2D eigenvalue weighted by atomic mass is 32.2. The molecular weight excluding hydrogens is 282 g/mol. The Labute approximate surface area is 117 Å². The van der Waals surface area contributed by atoms with Gasteiger partial charge in [-0.25, -0.2) is 13.2 Å². The monoisotopic (exact) mass is 299 g/mol. The van der Waals surface area contributed by atoms with Gasteiger partial charge >= 0.3 is 5.97 Å². The first-order valence-electron chi connectivity index (χ1n) is 6.39. The van der Waals surface area contributed by atoms with E-state index in [9.17, 15) is 13.2 Å². The van der Waals surface area contributed by atoms with Crippen LogP contribution in [0.2, 0.25) is 0 Å². The quantitative estimate of drug-likeness (QED) is 0.837. The number of benzene rings is 1. The molecule has 1 atom stereocenters. The number of aromatic carboxylic acids is 1. The number of carboxylic acids is 1. The molecule has 110 valence electrons. The molecule has 0 bridgehead atoms. The van der Waals surface area contributed by atoms with Crippen molar-refractivity contribution >= 4 is 16.0 Å². The summed E-state index contributed by atoms with van der Waals surface area (Å²) in [6.45, 7) is 0.906. The van der Waals surface area contributed by atoms with Crippen LogP contribution in [-0.4, -0.2) is 48.6 Å². The summed E-state index contributed by atoms with van der Waals surface area (Å²) in [5.74, 6) is -0.897. The van der Waals surface area contributed by atoms with Crippen LogP contribution in [0.5, 0.6) is 0 Å². The molecule has 1 aromatic rings. The molecule has 7 heteroatoms. The molecule has 0 amide bonds. The predicted molar refractivity (Wildman–Crippen MR) is 72.0 cm³/mol. The SMILES string of the molecule is O=C(O)c1ccc(S(=O)(=O)N2CCC(CCO)C2)cc1. The Morgan fingerprint density at radius 3 is 2.50 bits per heavy atom. The first-order chi connectivity index (χ1) is 9.45. The van der Waals surface area contributed by atoms with Gasteiger partial charge in [-0.15, -0.1) is 0 Å². The number of hydrogen-bond acceptors (Lipinski definition) is 4. The number of carboxylic acid groups (broad SMARTS) is 1. The second-order valence-corrected chi connectivity index (χ2v) is 6.80.